The van der Waals surface area contributed by atoms with E-state index in [1.165, 1.54) is 28.5 Å². The summed E-state index contributed by atoms with van der Waals surface area (Å²) < 4.78 is 5.29. The van der Waals surface area contributed by atoms with Crippen LogP contribution in [0.25, 0.3) is 0 Å². The summed E-state index contributed by atoms with van der Waals surface area (Å²) in [5.74, 6) is 6.15. The lowest BCUT2D eigenvalue weighted by Crippen LogP contribution is -2.56. The maximum Gasteiger partial charge on any atom is 0.408 e. The van der Waals surface area contributed by atoms with Crippen LogP contribution in [0.2, 0.25) is 0 Å². The van der Waals surface area contributed by atoms with Crippen LogP contribution in [-0.2, 0) is 14.3 Å². The molecule has 3 amide bonds. The van der Waals surface area contributed by atoms with Gasteiger partial charge in [-0.1, -0.05) is 42.4 Å². The zero-order chi connectivity index (χ0) is 29.1. The normalized spacial score (nSPS) is 13.5. The van der Waals surface area contributed by atoms with E-state index in [-0.39, 0.29) is 7.43 Å². The van der Waals surface area contributed by atoms with Gasteiger partial charge in [0.15, 0.2) is 0 Å². The highest BCUT2D eigenvalue weighted by Crippen LogP contribution is 2.14. The first-order valence-electron chi connectivity index (χ1n) is 13.1. The molecule has 0 radical (unpaired) electrons. The Bertz CT molecular complexity index is 832. The van der Waals surface area contributed by atoms with Crippen molar-refractivity contribution in [3.05, 3.63) is 34.9 Å². The molecule has 10 heteroatoms. The first-order chi connectivity index (χ1) is 17.8. The van der Waals surface area contributed by atoms with Crippen molar-refractivity contribution in [1.29, 1.82) is 0 Å². The second-order valence-electron chi connectivity index (χ2n) is 10.5. The topological polar surface area (TPSA) is 123 Å². The van der Waals surface area contributed by atoms with Crippen LogP contribution in [0.15, 0.2) is 34.9 Å². The average Bonchev–Trinajstić information content (AvgIpc) is 2.81. The third kappa shape index (κ3) is 21.6. The Morgan fingerprint density at radius 1 is 0.897 bits per heavy atom. The molecule has 0 fully saturated rings. The van der Waals surface area contributed by atoms with Gasteiger partial charge >= 0.3 is 6.09 Å². The molecule has 0 aromatic carbocycles. The molecule has 0 spiro atoms. The molecule has 5 N–H and O–H groups in total. The molecule has 0 saturated heterocycles. The molecular weight excluding hydrogens is 532 g/mol. The molecule has 226 valence electrons. The smallest absolute Gasteiger partial charge is 0.408 e. The number of hydrazine groups is 1. The van der Waals surface area contributed by atoms with Gasteiger partial charge in [0.05, 0.1) is 0 Å². The summed E-state index contributed by atoms with van der Waals surface area (Å²) in [5, 5.41) is 5.36. The highest BCUT2D eigenvalue weighted by Gasteiger charge is 2.28. The predicted molar refractivity (Wildman–Crippen MR) is 170 cm³/mol. The number of carbonyl (C=O) groups excluding carboxylic acids is 3. The van der Waals surface area contributed by atoms with Crippen LogP contribution in [0.3, 0.4) is 0 Å². The molecule has 0 aliphatic carbocycles. The zero-order valence-corrected chi connectivity index (χ0v) is 26.2. The number of rotatable bonds is 17. The largest absolute Gasteiger partial charge is 0.444 e. The fourth-order valence-electron chi connectivity index (χ4n) is 3.24. The Morgan fingerprint density at radius 3 is 2.03 bits per heavy atom. The summed E-state index contributed by atoms with van der Waals surface area (Å²) in [6.45, 7) is 13.8. The summed E-state index contributed by atoms with van der Waals surface area (Å²) >= 11 is 3.09. The lowest BCUT2D eigenvalue weighted by atomic mass is 10.1. The van der Waals surface area contributed by atoms with E-state index in [4.69, 9.17) is 10.6 Å². The van der Waals surface area contributed by atoms with Crippen molar-refractivity contribution in [3.63, 3.8) is 0 Å². The van der Waals surface area contributed by atoms with Gasteiger partial charge in [-0.2, -0.15) is 23.5 Å². The molecule has 0 aromatic heterocycles. The standard InChI is InChI=1S/C28H50N4O4S2.CH4/c1-20(2)11-9-12-21(3)13-10-14-22(4)15-18-38-19-24(26(34)32-29)30-25(33)23(16-17-37-8)31-27(35)36-28(5,6)7;/h11,13,15,23-24H,9-10,12,14,16-19,29H2,1-8H3,(H,30,33)(H,31,35)(H,32,34);1H4/b21-13+,22-15+;/t23-,24+;/m1./s1. The van der Waals surface area contributed by atoms with Crippen molar-refractivity contribution < 1.29 is 19.1 Å². The van der Waals surface area contributed by atoms with E-state index in [0.29, 0.717) is 23.7 Å². The van der Waals surface area contributed by atoms with Gasteiger partial charge in [0.1, 0.15) is 17.7 Å². The Balaban J connectivity index is 0. The Hall–Kier alpha value is -1.91. The van der Waals surface area contributed by atoms with Crippen LogP contribution >= 0.6 is 23.5 Å². The molecule has 8 nitrogen and oxygen atoms in total. The van der Waals surface area contributed by atoms with Crippen LogP contribution in [0.4, 0.5) is 4.79 Å². The van der Waals surface area contributed by atoms with Crippen LogP contribution in [0.5, 0.6) is 0 Å². The van der Waals surface area contributed by atoms with E-state index < -0.39 is 35.6 Å². The Kier molecular flexibility index (Phi) is 22.0. The van der Waals surface area contributed by atoms with Gasteiger partial charge in [0.25, 0.3) is 5.91 Å². The molecule has 2 atom stereocenters. The Morgan fingerprint density at radius 2 is 1.49 bits per heavy atom. The van der Waals surface area contributed by atoms with Crippen molar-refractivity contribution in [2.75, 3.05) is 23.5 Å². The van der Waals surface area contributed by atoms with Gasteiger partial charge in [0.2, 0.25) is 5.91 Å². The zero-order valence-electron chi connectivity index (χ0n) is 24.6. The van der Waals surface area contributed by atoms with Crippen molar-refractivity contribution in [3.8, 4) is 0 Å². The lowest BCUT2D eigenvalue weighted by Gasteiger charge is -2.25. The van der Waals surface area contributed by atoms with Gasteiger partial charge in [-0.15, -0.1) is 0 Å². The molecule has 0 aliphatic heterocycles. The van der Waals surface area contributed by atoms with Crippen LogP contribution in [0.1, 0.15) is 88.0 Å². The van der Waals surface area contributed by atoms with Crippen LogP contribution in [-0.4, -0.2) is 59.1 Å². The highest BCUT2D eigenvalue weighted by atomic mass is 32.2. The second kappa shape index (κ2) is 21.9. The maximum atomic E-state index is 13.0. The summed E-state index contributed by atoms with van der Waals surface area (Å²) in [5.41, 5.74) is 5.49. The first kappa shape index (κ1) is 39.2. The van der Waals surface area contributed by atoms with Gasteiger partial charge in [-0.25, -0.2) is 10.6 Å². The van der Waals surface area contributed by atoms with Crippen LogP contribution in [0, 0.1) is 0 Å². The number of carbonyl (C=O) groups is 3. The van der Waals surface area contributed by atoms with Crippen molar-refractivity contribution in [2.45, 2.75) is 106 Å². The van der Waals surface area contributed by atoms with E-state index >= 15 is 0 Å². The van der Waals surface area contributed by atoms with E-state index in [9.17, 15) is 14.4 Å². The minimum Gasteiger partial charge on any atom is -0.444 e. The number of amides is 3. The molecule has 0 rings (SSSR count). The van der Waals surface area contributed by atoms with Crippen LogP contribution < -0.4 is 21.9 Å². The van der Waals surface area contributed by atoms with Gasteiger partial charge < -0.3 is 15.4 Å². The minimum absolute atomic E-state index is 0. The number of ether oxygens (including phenoxy) is 1. The quantitative estimate of drug-likeness (QED) is 0.0550. The third-order valence-corrected chi connectivity index (χ3v) is 6.97. The number of alkyl carbamates (subject to hydrolysis) is 1. The first-order valence-corrected chi connectivity index (χ1v) is 15.7. The molecule has 0 unspecified atom stereocenters. The fourth-order valence-corrected chi connectivity index (χ4v) is 4.72. The number of hydrogen-bond acceptors (Lipinski definition) is 7. The number of nitrogens with two attached hydrogens (primary N) is 1. The van der Waals surface area contributed by atoms with Crippen molar-refractivity contribution >= 4 is 41.4 Å². The van der Waals surface area contributed by atoms with Crippen molar-refractivity contribution in [1.82, 2.24) is 16.1 Å². The van der Waals surface area contributed by atoms with Gasteiger partial charge in [-0.3, -0.25) is 15.0 Å². The number of hydrogen-bond donors (Lipinski definition) is 4. The maximum absolute atomic E-state index is 13.0. The van der Waals surface area contributed by atoms with Crippen molar-refractivity contribution in [2.24, 2.45) is 5.84 Å². The third-order valence-electron chi connectivity index (χ3n) is 5.35. The molecule has 0 heterocycles. The molecular formula is C29H54N4O4S2. The lowest BCUT2D eigenvalue weighted by molar-refractivity contribution is -0.129. The molecule has 0 saturated carbocycles. The molecule has 0 aromatic rings. The number of nitrogens with one attached hydrogen (secondary N) is 3. The average molecular weight is 587 g/mol. The van der Waals surface area contributed by atoms with E-state index in [0.717, 1.165) is 25.7 Å². The van der Waals surface area contributed by atoms with E-state index in [1.807, 2.05) is 6.26 Å². The summed E-state index contributed by atoms with van der Waals surface area (Å²) in [6, 6.07) is -1.65. The molecule has 0 bridgehead atoms. The molecule has 0 aliphatic rings. The SMILES string of the molecule is C.CSCC[C@@H](NC(=O)OC(C)(C)C)C(=O)N[C@@H](CSC/C=C(\C)CC/C=C(\C)CCC=C(C)C)C(=O)NN. The minimum atomic E-state index is -0.824. The van der Waals surface area contributed by atoms with E-state index in [2.05, 4.69) is 62.0 Å². The summed E-state index contributed by atoms with van der Waals surface area (Å²) in [6.07, 6.45) is 12.5. The summed E-state index contributed by atoms with van der Waals surface area (Å²) in [7, 11) is 0. The second-order valence-corrected chi connectivity index (χ2v) is 12.6. The summed E-state index contributed by atoms with van der Waals surface area (Å²) in [4.78, 5) is 37.5. The molecule has 39 heavy (non-hydrogen) atoms. The van der Waals surface area contributed by atoms with Gasteiger partial charge in [-0.05, 0) is 92.6 Å². The van der Waals surface area contributed by atoms with E-state index in [1.54, 1.807) is 32.5 Å². The monoisotopic (exact) mass is 586 g/mol. The highest BCUT2D eigenvalue weighted by molar-refractivity contribution is 7.99. The number of allylic oxidation sites excluding steroid dienone is 5. The predicted octanol–water partition coefficient (Wildman–Crippen LogP) is 5.90. The Labute approximate surface area is 246 Å². The fraction of sp³-hybridized carbons (Fsp3) is 0.690. The van der Waals surface area contributed by atoms with Gasteiger partial charge in [0, 0.05) is 11.5 Å². The number of thioether (sulfide) groups is 2.